The van der Waals surface area contributed by atoms with Crippen LogP contribution in [0.25, 0.3) is 5.69 Å². The number of halogens is 3. The molecule has 1 aromatic carbocycles. The fraction of sp³-hybridized carbons (Fsp3) is 0.263. The van der Waals surface area contributed by atoms with Crippen LogP contribution in [-0.4, -0.2) is 49.0 Å². The van der Waals surface area contributed by atoms with Gasteiger partial charge in [-0.05, 0) is 38.1 Å². The number of alkyl halides is 3. The molecular formula is C19H17F3N6O3S. The monoisotopic (exact) mass is 466 g/mol. The Morgan fingerprint density at radius 2 is 1.88 bits per heavy atom. The molecule has 168 valence electrons. The summed E-state index contributed by atoms with van der Waals surface area (Å²) in [5.74, 6) is -1.65. The topological polar surface area (TPSA) is 112 Å². The van der Waals surface area contributed by atoms with Crippen molar-refractivity contribution in [2.24, 2.45) is 0 Å². The van der Waals surface area contributed by atoms with Crippen LogP contribution in [0.1, 0.15) is 17.0 Å². The van der Waals surface area contributed by atoms with Crippen LogP contribution < -0.4 is 5.32 Å². The highest BCUT2D eigenvalue weighted by molar-refractivity contribution is 7.99. The number of aromatic nitrogens is 5. The van der Waals surface area contributed by atoms with Crippen LogP contribution in [-0.2, 0) is 20.5 Å². The SMILES string of the molecule is Cc1cc(C)nc(SCC(=O)OCC(=O)Nc2cc(C(F)(F)F)ccc2-n2cncn2)n1. The summed E-state index contributed by atoms with van der Waals surface area (Å²) >= 11 is 1.05. The zero-order valence-electron chi connectivity index (χ0n) is 16.9. The predicted octanol–water partition coefficient (Wildman–Crippen LogP) is 2.97. The highest BCUT2D eigenvalue weighted by Gasteiger charge is 2.31. The largest absolute Gasteiger partial charge is 0.455 e. The van der Waals surface area contributed by atoms with Gasteiger partial charge in [0.1, 0.15) is 12.7 Å². The lowest BCUT2D eigenvalue weighted by Crippen LogP contribution is -2.23. The number of carbonyl (C=O) groups excluding carboxylic acids is 2. The molecule has 0 spiro atoms. The summed E-state index contributed by atoms with van der Waals surface area (Å²) in [6.45, 7) is 2.91. The van der Waals surface area contributed by atoms with Gasteiger partial charge in [-0.25, -0.2) is 19.6 Å². The average molecular weight is 466 g/mol. The van der Waals surface area contributed by atoms with E-state index in [1.807, 2.05) is 0 Å². The molecule has 9 nitrogen and oxygen atoms in total. The lowest BCUT2D eigenvalue weighted by molar-refractivity contribution is -0.144. The molecule has 2 heterocycles. The summed E-state index contributed by atoms with van der Waals surface area (Å²) in [5, 5.41) is 6.57. The van der Waals surface area contributed by atoms with E-state index in [9.17, 15) is 22.8 Å². The number of benzene rings is 1. The van der Waals surface area contributed by atoms with Gasteiger partial charge in [0.2, 0.25) is 0 Å². The number of hydrogen-bond donors (Lipinski definition) is 1. The third-order valence-electron chi connectivity index (χ3n) is 3.91. The minimum atomic E-state index is -4.61. The van der Waals surface area contributed by atoms with E-state index in [0.717, 1.165) is 41.3 Å². The summed E-state index contributed by atoms with van der Waals surface area (Å²) in [7, 11) is 0. The number of thioether (sulfide) groups is 1. The molecule has 3 rings (SSSR count). The molecule has 1 amide bonds. The first kappa shape index (κ1) is 23.2. The summed E-state index contributed by atoms with van der Waals surface area (Å²) in [6.07, 6.45) is -2.15. The maximum atomic E-state index is 13.1. The van der Waals surface area contributed by atoms with Crippen molar-refractivity contribution in [2.75, 3.05) is 17.7 Å². The Hall–Kier alpha value is -3.48. The summed E-state index contributed by atoms with van der Waals surface area (Å²) in [4.78, 5) is 36.2. The van der Waals surface area contributed by atoms with Crippen molar-refractivity contribution >= 4 is 29.3 Å². The smallest absolute Gasteiger partial charge is 0.416 e. The van der Waals surface area contributed by atoms with Crippen molar-refractivity contribution < 1.29 is 27.5 Å². The van der Waals surface area contributed by atoms with Crippen LogP contribution in [0.15, 0.2) is 42.1 Å². The third-order valence-corrected chi connectivity index (χ3v) is 4.73. The molecule has 32 heavy (non-hydrogen) atoms. The first-order valence-electron chi connectivity index (χ1n) is 9.08. The van der Waals surface area contributed by atoms with E-state index >= 15 is 0 Å². The molecule has 0 saturated heterocycles. The van der Waals surface area contributed by atoms with E-state index in [1.165, 1.54) is 17.3 Å². The van der Waals surface area contributed by atoms with Crippen LogP contribution >= 0.6 is 11.8 Å². The molecule has 3 aromatic rings. The van der Waals surface area contributed by atoms with E-state index < -0.39 is 30.2 Å². The second-order valence-electron chi connectivity index (χ2n) is 6.50. The molecule has 0 atom stereocenters. The molecule has 0 aliphatic heterocycles. The van der Waals surface area contributed by atoms with E-state index in [1.54, 1.807) is 19.9 Å². The Kier molecular flexibility index (Phi) is 7.08. The van der Waals surface area contributed by atoms with Crippen LogP contribution in [0, 0.1) is 13.8 Å². The van der Waals surface area contributed by atoms with Gasteiger partial charge in [0.05, 0.1) is 22.7 Å². The number of hydrogen-bond acceptors (Lipinski definition) is 8. The Bertz CT molecular complexity index is 1100. The van der Waals surface area contributed by atoms with E-state index in [-0.39, 0.29) is 17.1 Å². The Morgan fingerprint density at radius 3 is 2.50 bits per heavy atom. The van der Waals surface area contributed by atoms with E-state index in [4.69, 9.17) is 4.74 Å². The Balaban J connectivity index is 1.62. The number of anilines is 1. The maximum Gasteiger partial charge on any atom is 0.416 e. The van der Waals surface area contributed by atoms with Crippen molar-refractivity contribution in [3.05, 3.63) is 53.9 Å². The standard InChI is InChI=1S/C19H17F3N6O3S/c1-11-5-12(2)26-18(25-11)32-8-17(30)31-7-16(29)27-14-6-13(19(20,21)22)3-4-15(14)28-10-23-9-24-28/h3-6,9-10H,7-8H2,1-2H3,(H,27,29). The van der Waals surface area contributed by atoms with Gasteiger partial charge in [-0.2, -0.15) is 18.3 Å². The van der Waals surface area contributed by atoms with Crippen molar-refractivity contribution in [3.8, 4) is 5.69 Å². The van der Waals surface area contributed by atoms with Crippen molar-refractivity contribution in [1.29, 1.82) is 0 Å². The predicted molar refractivity (Wildman–Crippen MR) is 108 cm³/mol. The molecule has 0 fully saturated rings. The molecule has 0 aliphatic carbocycles. The summed E-state index contributed by atoms with van der Waals surface area (Å²) in [6, 6.07) is 4.57. The van der Waals surface area contributed by atoms with Crippen LogP contribution in [0.4, 0.5) is 18.9 Å². The van der Waals surface area contributed by atoms with Gasteiger partial charge >= 0.3 is 12.1 Å². The zero-order valence-corrected chi connectivity index (χ0v) is 17.7. The first-order chi connectivity index (χ1) is 15.1. The van der Waals surface area contributed by atoms with Gasteiger partial charge in [0.25, 0.3) is 5.91 Å². The number of ether oxygens (including phenoxy) is 1. The first-order valence-corrected chi connectivity index (χ1v) is 10.1. The number of esters is 1. The van der Waals surface area contributed by atoms with E-state index in [0.29, 0.717) is 5.16 Å². The molecule has 1 N–H and O–H groups in total. The molecule has 0 unspecified atom stereocenters. The van der Waals surface area contributed by atoms with Gasteiger partial charge in [-0.3, -0.25) is 9.59 Å². The highest BCUT2D eigenvalue weighted by Crippen LogP contribution is 2.33. The zero-order chi connectivity index (χ0) is 23.3. The normalized spacial score (nSPS) is 11.3. The minimum absolute atomic E-state index is 0.135. The molecular weight excluding hydrogens is 449 g/mol. The quantitative estimate of drug-likeness (QED) is 0.321. The fourth-order valence-electron chi connectivity index (χ4n) is 2.60. The fourth-order valence-corrected chi connectivity index (χ4v) is 3.35. The van der Waals surface area contributed by atoms with Gasteiger partial charge < -0.3 is 10.1 Å². The number of carbonyl (C=O) groups is 2. The molecule has 2 aromatic heterocycles. The summed E-state index contributed by atoms with van der Waals surface area (Å²) < 4.78 is 45.3. The van der Waals surface area contributed by atoms with Crippen molar-refractivity contribution in [1.82, 2.24) is 24.7 Å². The van der Waals surface area contributed by atoms with Crippen LogP contribution in [0.5, 0.6) is 0 Å². The lowest BCUT2D eigenvalue weighted by Gasteiger charge is -2.14. The average Bonchev–Trinajstić information content (AvgIpc) is 3.24. The summed E-state index contributed by atoms with van der Waals surface area (Å²) in [5.41, 5.74) is 0.537. The van der Waals surface area contributed by atoms with Crippen molar-refractivity contribution in [3.63, 3.8) is 0 Å². The molecule has 0 aliphatic rings. The van der Waals surface area contributed by atoms with Gasteiger partial charge in [-0.15, -0.1) is 0 Å². The molecule has 0 saturated carbocycles. The van der Waals surface area contributed by atoms with Gasteiger partial charge in [0.15, 0.2) is 11.8 Å². The van der Waals surface area contributed by atoms with E-state index in [2.05, 4.69) is 25.4 Å². The Labute approximate surface area is 184 Å². The molecule has 13 heteroatoms. The second kappa shape index (κ2) is 9.77. The highest BCUT2D eigenvalue weighted by atomic mass is 32.2. The molecule has 0 radical (unpaired) electrons. The second-order valence-corrected chi connectivity index (χ2v) is 7.44. The van der Waals surface area contributed by atoms with Gasteiger partial charge in [0, 0.05) is 11.4 Å². The third kappa shape index (κ3) is 6.26. The number of aryl methyl sites for hydroxylation is 2. The maximum absolute atomic E-state index is 13.1. The van der Waals surface area contributed by atoms with Gasteiger partial charge in [-0.1, -0.05) is 11.8 Å². The lowest BCUT2D eigenvalue weighted by atomic mass is 10.1. The Morgan fingerprint density at radius 1 is 1.16 bits per heavy atom. The number of rotatable bonds is 7. The molecule has 0 bridgehead atoms. The van der Waals surface area contributed by atoms with Crippen molar-refractivity contribution in [2.45, 2.75) is 25.2 Å². The minimum Gasteiger partial charge on any atom is -0.455 e. The number of nitrogens with one attached hydrogen (secondary N) is 1. The number of amides is 1. The van der Waals surface area contributed by atoms with Crippen LogP contribution in [0.3, 0.4) is 0 Å². The van der Waals surface area contributed by atoms with Crippen LogP contribution in [0.2, 0.25) is 0 Å². The number of nitrogens with zero attached hydrogens (tertiary/aromatic N) is 5.